The number of nitrogen functional groups attached to an aromatic ring is 1. The molecule has 11 heavy (non-hydrogen) atoms. The van der Waals surface area contributed by atoms with E-state index in [1.165, 1.54) is 0 Å². The van der Waals surface area contributed by atoms with Crippen molar-refractivity contribution < 1.29 is 9.84 Å². The number of hydrogen-bond donors (Lipinski definition) is 2. The molecule has 0 bridgehead atoms. The normalized spacial score (nSPS) is 9.64. The molecule has 0 aliphatic heterocycles. The minimum Gasteiger partial charge on any atom is -0.496 e. The van der Waals surface area contributed by atoms with Gasteiger partial charge < -0.3 is 15.6 Å². The van der Waals surface area contributed by atoms with E-state index >= 15 is 0 Å². The smallest absolute Gasteiger partial charge is 0.124 e. The zero-order valence-electron chi connectivity index (χ0n) is 6.37. The number of methoxy groups -OCH3 is 1. The summed E-state index contributed by atoms with van der Waals surface area (Å²) in [7, 11) is 1.56. The van der Waals surface area contributed by atoms with Crippen LogP contribution in [0.5, 0.6) is 5.75 Å². The Morgan fingerprint density at radius 1 is 1.55 bits per heavy atom. The molecular formula is C8H11NO2. The first-order valence-electron chi connectivity index (χ1n) is 3.31. The number of aliphatic hydroxyl groups is 1. The Bertz CT molecular complexity index is 248. The Kier molecular flexibility index (Phi) is 2.33. The van der Waals surface area contributed by atoms with Crippen LogP contribution in [0.3, 0.4) is 0 Å². The second kappa shape index (κ2) is 3.25. The number of anilines is 1. The van der Waals surface area contributed by atoms with Gasteiger partial charge in [0.1, 0.15) is 5.75 Å². The van der Waals surface area contributed by atoms with Crippen molar-refractivity contribution in [2.75, 3.05) is 12.8 Å². The van der Waals surface area contributed by atoms with Crippen molar-refractivity contribution in [3.8, 4) is 5.75 Å². The molecule has 0 aliphatic carbocycles. The average Bonchev–Trinajstić information content (AvgIpc) is 2.04. The summed E-state index contributed by atoms with van der Waals surface area (Å²) in [6, 6.07) is 5.16. The van der Waals surface area contributed by atoms with Crippen LogP contribution < -0.4 is 10.5 Å². The largest absolute Gasteiger partial charge is 0.496 e. The van der Waals surface area contributed by atoms with E-state index in [0.29, 0.717) is 17.0 Å². The summed E-state index contributed by atoms with van der Waals surface area (Å²) >= 11 is 0. The van der Waals surface area contributed by atoms with Gasteiger partial charge in [0, 0.05) is 11.3 Å². The molecule has 0 amide bonds. The van der Waals surface area contributed by atoms with E-state index < -0.39 is 0 Å². The number of rotatable bonds is 2. The molecular weight excluding hydrogens is 142 g/mol. The molecule has 0 saturated heterocycles. The first kappa shape index (κ1) is 7.88. The molecule has 1 aromatic rings. The van der Waals surface area contributed by atoms with Crippen molar-refractivity contribution in [3.63, 3.8) is 0 Å². The Labute approximate surface area is 65.4 Å². The van der Waals surface area contributed by atoms with Gasteiger partial charge in [0.05, 0.1) is 13.7 Å². The van der Waals surface area contributed by atoms with Crippen LogP contribution in [0, 0.1) is 0 Å². The van der Waals surface area contributed by atoms with Crippen LogP contribution in [0.15, 0.2) is 18.2 Å². The standard InChI is InChI=1S/C8H11NO2/c1-11-8-3-2-7(9)4-6(8)5-10/h2-4,10H,5,9H2,1H3. The molecule has 3 N–H and O–H groups in total. The third-order valence-electron chi connectivity index (χ3n) is 1.47. The highest BCUT2D eigenvalue weighted by Gasteiger charge is 2.00. The second-order valence-electron chi connectivity index (χ2n) is 2.23. The molecule has 1 aromatic carbocycles. The van der Waals surface area contributed by atoms with Crippen molar-refractivity contribution in [1.82, 2.24) is 0 Å². The van der Waals surface area contributed by atoms with E-state index in [4.69, 9.17) is 15.6 Å². The van der Waals surface area contributed by atoms with Gasteiger partial charge in [0.2, 0.25) is 0 Å². The summed E-state index contributed by atoms with van der Waals surface area (Å²) in [6.07, 6.45) is 0. The summed E-state index contributed by atoms with van der Waals surface area (Å²) in [5, 5.41) is 8.84. The minimum absolute atomic E-state index is 0.0474. The van der Waals surface area contributed by atoms with Crippen LogP contribution in [0.25, 0.3) is 0 Å². The lowest BCUT2D eigenvalue weighted by Crippen LogP contribution is -1.93. The van der Waals surface area contributed by atoms with Crippen LogP contribution >= 0.6 is 0 Å². The lowest BCUT2D eigenvalue weighted by Gasteiger charge is -2.05. The van der Waals surface area contributed by atoms with Gasteiger partial charge in [-0.15, -0.1) is 0 Å². The Morgan fingerprint density at radius 3 is 2.82 bits per heavy atom. The van der Waals surface area contributed by atoms with Crippen LogP contribution in [-0.4, -0.2) is 12.2 Å². The Balaban J connectivity index is 3.06. The number of hydrogen-bond acceptors (Lipinski definition) is 3. The van der Waals surface area contributed by atoms with Crippen LogP contribution in [0.2, 0.25) is 0 Å². The molecule has 60 valence electrons. The number of aliphatic hydroxyl groups excluding tert-OH is 1. The summed E-state index contributed by atoms with van der Waals surface area (Å²) in [5.41, 5.74) is 6.84. The summed E-state index contributed by atoms with van der Waals surface area (Å²) < 4.78 is 4.98. The molecule has 3 nitrogen and oxygen atoms in total. The maximum Gasteiger partial charge on any atom is 0.124 e. The van der Waals surface area contributed by atoms with E-state index in [-0.39, 0.29) is 6.61 Å². The highest BCUT2D eigenvalue weighted by atomic mass is 16.5. The van der Waals surface area contributed by atoms with Gasteiger partial charge in [0.25, 0.3) is 0 Å². The Hall–Kier alpha value is -1.22. The summed E-state index contributed by atoms with van der Waals surface area (Å²) in [4.78, 5) is 0. The number of ether oxygens (including phenoxy) is 1. The van der Waals surface area contributed by atoms with Gasteiger partial charge in [-0.1, -0.05) is 0 Å². The Morgan fingerprint density at radius 2 is 2.27 bits per heavy atom. The maximum absolute atomic E-state index is 8.84. The van der Waals surface area contributed by atoms with E-state index in [2.05, 4.69) is 0 Å². The molecule has 0 aliphatic rings. The van der Waals surface area contributed by atoms with Gasteiger partial charge in [-0.2, -0.15) is 0 Å². The van der Waals surface area contributed by atoms with Crippen LogP contribution in [0.4, 0.5) is 5.69 Å². The molecule has 1 rings (SSSR count). The molecule has 0 radical (unpaired) electrons. The highest BCUT2D eigenvalue weighted by Crippen LogP contribution is 2.20. The SMILES string of the molecule is COc1ccc(N)cc1CO. The first-order chi connectivity index (χ1) is 5.27. The van der Waals surface area contributed by atoms with Crippen molar-refractivity contribution >= 4 is 5.69 Å². The minimum atomic E-state index is -0.0474. The molecule has 0 atom stereocenters. The van der Waals surface area contributed by atoms with Crippen LogP contribution in [-0.2, 0) is 6.61 Å². The molecule has 0 fully saturated rings. The lowest BCUT2D eigenvalue weighted by molar-refractivity contribution is 0.274. The van der Waals surface area contributed by atoms with Gasteiger partial charge in [0.15, 0.2) is 0 Å². The van der Waals surface area contributed by atoms with Crippen molar-refractivity contribution in [3.05, 3.63) is 23.8 Å². The van der Waals surface area contributed by atoms with Gasteiger partial charge in [-0.05, 0) is 18.2 Å². The summed E-state index contributed by atoms with van der Waals surface area (Å²) in [6.45, 7) is -0.0474. The number of benzene rings is 1. The quantitative estimate of drug-likeness (QED) is 0.617. The molecule has 3 heteroatoms. The average molecular weight is 153 g/mol. The first-order valence-corrected chi connectivity index (χ1v) is 3.31. The lowest BCUT2D eigenvalue weighted by atomic mass is 10.2. The fourth-order valence-electron chi connectivity index (χ4n) is 0.922. The molecule has 0 heterocycles. The van der Waals surface area contributed by atoms with Gasteiger partial charge in [-0.25, -0.2) is 0 Å². The van der Waals surface area contributed by atoms with Crippen molar-refractivity contribution in [2.24, 2.45) is 0 Å². The second-order valence-corrected chi connectivity index (χ2v) is 2.23. The topological polar surface area (TPSA) is 55.5 Å². The fourth-order valence-corrected chi connectivity index (χ4v) is 0.922. The van der Waals surface area contributed by atoms with Gasteiger partial charge in [-0.3, -0.25) is 0 Å². The summed E-state index contributed by atoms with van der Waals surface area (Å²) in [5.74, 6) is 0.668. The van der Waals surface area contributed by atoms with Gasteiger partial charge >= 0.3 is 0 Å². The molecule has 0 unspecified atom stereocenters. The molecule has 0 spiro atoms. The van der Waals surface area contributed by atoms with E-state index in [1.54, 1.807) is 25.3 Å². The fraction of sp³-hybridized carbons (Fsp3) is 0.250. The van der Waals surface area contributed by atoms with E-state index in [0.717, 1.165) is 0 Å². The molecule has 0 saturated carbocycles. The van der Waals surface area contributed by atoms with Crippen molar-refractivity contribution in [1.29, 1.82) is 0 Å². The van der Waals surface area contributed by atoms with E-state index in [9.17, 15) is 0 Å². The third-order valence-corrected chi connectivity index (χ3v) is 1.47. The van der Waals surface area contributed by atoms with Crippen molar-refractivity contribution in [2.45, 2.75) is 6.61 Å². The maximum atomic E-state index is 8.84. The van der Waals surface area contributed by atoms with E-state index in [1.807, 2.05) is 0 Å². The molecule has 0 aromatic heterocycles. The van der Waals surface area contributed by atoms with Crippen LogP contribution in [0.1, 0.15) is 5.56 Å². The zero-order chi connectivity index (χ0) is 8.27. The predicted molar refractivity (Wildman–Crippen MR) is 43.3 cm³/mol. The number of nitrogens with two attached hydrogens (primary N) is 1. The highest BCUT2D eigenvalue weighted by molar-refractivity contribution is 5.47. The zero-order valence-corrected chi connectivity index (χ0v) is 6.37. The monoisotopic (exact) mass is 153 g/mol. The predicted octanol–water partition coefficient (Wildman–Crippen LogP) is 0.770. The third kappa shape index (κ3) is 1.62.